The van der Waals surface area contributed by atoms with Crippen LogP contribution in [0, 0.1) is 11.3 Å². The summed E-state index contributed by atoms with van der Waals surface area (Å²) in [6.45, 7) is 3.17. The molecule has 0 N–H and O–H groups in total. The van der Waals surface area contributed by atoms with Crippen molar-refractivity contribution >= 4 is 5.65 Å². The van der Waals surface area contributed by atoms with Gasteiger partial charge in [0.25, 0.3) is 0 Å². The van der Waals surface area contributed by atoms with E-state index in [9.17, 15) is 0 Å². The van der Waals surface area contributed by atoms with Crippen molar-refractivity contribution in [2.24, 2.45) is 0 Å². The molecule has 0 amide bonds. The normalized spacial score (nSPS) is 10.5. The predicted molar refractivity (Wildman–Crippen MR) is 57.6 cm³/mol. The van der Waals surface area contributed by atoms with Gasteiger partial charge in [0.15, 0.2) is 11.5 Å². The largest absolute Gasteiger partial charge is 0.373 e. The van der Waals surface area contributed by atoms with Crippen molar-refractivity contribution in [3.8, 4) is 6.07 Å². The summed E-state index contributed by atoms with van der Waals surface area (Å²) in [5.41, 5.74) is 1.32. The Morgan fingerprint density at radius 1 is 1.44 bits per heavy atom. The molecule has 0 radical (unpaired) electrons. The van der Waals surface area contributed by atoms with Crippen molar-refractivity contribution in [2.75, 3.05) is 6.61 Å². The molecule has 16 heavy (non-hydrogen) atoms. The van der Waals surface area contributed by atoms with Crippen molar-refractivity contribution in [2.45, 2.75) is 20.0 Å². The minimum Gasteiger partial charge on any atom is -0.373 e. The molecule has 2 heterocycles. The van der Waals surface area contributed by atoms with E-state index >= 15 is 0 Å². The summed E-state index contributed by atoms with van der Waals surface area (Å²) in [5, 5.41) is 16.8. The molecule has 0 saturated carbocycles. The third-order valence-corrected chi connectivity index (χ3v) is 2.18. The van der Waals surface area contributed by atoms with E-state index in [-0.39, 0.29) is 0 Å². The van der Waals surface area contributed by atoms with Gasteiger partial charge in [0.2, 0.25) is 0 Å². The van der Waals surface area contributed by atoms with E-state index in [1.165, 1.54) is 0 Å². The first-order chi connectivity index (χ1) is 7.85. The molecule has 0 atom stereocenters. The third-order valence-electron chi connectivity index (χ3n) is 2.18. The number of nitrogens with zero attached hydrogens (tertiary/aromatic N) is 4. The monoisotopic (exact) mass is 216 g/mol. The van der Waals surface area contributed by atoms with Crippen LogP contribution in [0.5, 0.6) is 0 Å². The zero-order chi connectivity index (χ0) is 11.4. The number of hydrogen-bond donors (Lipinski definition) is 0. The molecule has 0 unspecified atom stereocenters. The molecule has 0 saturated heterocycles. The van der Waals surface area contributed by atoms with E-state index in [2.05, 4.69) is 23.2 Å². The molecule has 0 fully saturated rings. The van der Waals surface area contributed by atoms with Crippen molar-refractivity contribution in [3.05, 3.63) is 29.7 Å². The Balaban J connectivity index is 2.28. The molecule has 0 aromatic carbocycles. The Kier molecular flexibility index (Phi) is 3.13. The number of rotatable bonds is 4. The molecule has 0 aliphatic rings. The lowest BCUT2D eigenvalue weighted by molar-refractivity contribution is 0.115. The molecule has 0 spiro atoms. The first-order valence-corrected chi connectivity index (χ1v) is 5.16. The highest BCUT2D eigenvalue weighted by Crippen LogP contribution is 2.07. The SMILES string of the molecule is CCCOCc1nnc2ccc(C#N)cn12. The van der Waals surface area contributed by atoms with Crippen LogP contribution < -0.4 is 0 Å². The van der Waals surface area contributed by atoms with Crippen LogP contribution >= 0.6 is 0 Å². The van der Waals surface area contributed by atoms with Crippen LogP contribution in [0.4, 0.5) is 0 Å². The van der Waals surface area contributed by atoms with Crippen molar-refractivity contribution in [1.29, 1.82) is 5.26 Å². The topological polar surface area (TPSA) is 63.2 Å². The van der Waals surface area contributed by atoms with Crippen molar-refractivity contribution in [3.63, 3.8) is 0 Å². The van der Waals surface area contributed by atoms with Crippen molar-refractivity contribution < 1.29 is 4.74 Å². The summed E-state index contributed by atoms with van der Waals surface area (Å²) < 4.78 is 7.19. The fraction of sp³-hybridized carbons (Fsp3) is 0.364. The average Bonchev–Trinajstić information content (AvgIpc) is 2.72. The molecule has 0 bridgehead atoms. The number of hydrogen-bond acceptors (Lipinski definition) is 4. The van der Waals surface area contributed by atoms with E-state index in [4.69, 9.17) is 10.00 Å². The van der Waals surface area contributed by atoms with Gasteiger partial charge >= 0.3 is 0 Å². The fourth-order valence-corrected chi connectivity index (χ4v) is 1.41. The smallest absolute Gasteiger partial charge is 0.163 e. The summed E-state index contributed by atoms with van der Waals surface area (Å²) in [4.78, 5) is 0. The second-order valence-corrected chi connectivity index (χ2v) is 3.43. The number of ether oxygens (including phenoxy) is 1. The molecular formula is C11H12N4O. The van der Waals surface area contributed by atoms with E-state index < -0.39 is 0 Å². The van der Waals surface area contributed by atoms with Crippen LogP contribution in [0.2, 0.25) is 0 Å². The third kappa shape index (κ3) is 2.02. The lowest BCUT2D eigenvalue weighted by Crippen LogP contribution is -2.00. The standard InChI is InChI=1S/C11H12N4O/c1-2-5-16-8-11-14-13-10-4-3-9(6-12)7-15(10)11/h3-4,7H,2,5,8H2,1H3. The van der Waals surface area contributed by atoms with Crippen LogP contribution in [0.15, 0.2) is 18.3 Å². The molecule has 0 aliphatic heterocycles. The van der Waals surface area contributed by atoms with Gasteiger partial charge in [-0.2, -0.15) is 5.26 Å². The van der Waals surface area contributed by atoms with Gasteiger partial charge < -0.3 is 4.74 Å². The Bertz CT molecular complexity index is 526. The molecule has 5 heteroatoms. The van der Waals surface area contributed by atoms with E-state index in [0.717, 1.165) is 17.9 Å². The molecule has 82 valence electrons. The van der Waals surface area contributed by atoms with Crippen LogP contribution in [0.3, 0.4) is 0 Å². The maximum Gasteiger partial charge on any atom is 0.163 e. The number of pyridine rings is 1. The molecule has 0 aliphatic carbocycles. The lowest BCUT2D eigenvalue weighted by Gasteiger charge is -2.01. The van der Waals surface area contributed by atoms with Gasteiger partial charge in [-0.25, -0.2) is 0 Å². The first kappa shape index (κ1) is 10.6. The second-order valence-electron chi connectivity index (χ2n) is 3.43. The predicted octanol–water partition coefficient (Wildman–Crippen LogP) is 1.53. The Labute approximate surface area is 93.3 Å². The first-order valence-electron chi connectivity index (χ1n) is 5.16. The van der Waals surface area contributed by atoms with Gasteiger partial charge in [-0.15, -0.1) is 10.2 Å². The molecule has 5 nitrogen and oxygen atoms in total. The van der Waals surface area contributed by atoms with Crippen molar-refractivity contribution in [1.82, 2.24) is 14.6 Å². The van der Waals surface area contributed by atoms with Crippen LogP contribution in [0.25, 0.3) is 5.65 Å². The minimum absolute atomic E-state index is 0.421. The summed E-state index contributed by atoms with van der Waals surface area (Å²) in [5.74, 6) is 0.723. The van der Waals surface area contributed by atoms with Gasteiger partial charge in [-0.05, 0) is 18.6 Å². The minimum atomic E-state index is 0.421. The quantitative estimate of drug-likeness (QED) is 0.727. The second kappa shape index (κ2) is 4.73. The zero-order valence-electron chi connectivity index (χ0n) is 9.05. The molecule has 2 aromatic rings. The highest BCUT2D eigenvalue weighted by molar-refractivity contribution is 5.42. The number of nitriles is 1. The van der Waals surface area contributed by atoms with Crippen LogP contribution in [0.1, 0.15) is 24.7 Å². The molecule has 2 rings (SSSR count). The Morgan fingerprint density at radius 2 is 2.31 bits per heavy atom. The van der Waals surface area contributed by atoms with Crippen LogP contribution in [-0.4, -0.2) is 21.2 Å². The van der Waals surface area contributed by atoms with Gasteiger partial charge in [0.05, 0.1) is 5.56 Å². The fourth-order valence-electron chi connectivity index (χ4n) is 1.41. The average molecular weight is 216 g/mol. The summed E-state index contributed by atoms with van der Waals surface area (Å²) in [7, 11) is 0. The van der Waals surface area contributed by atoms with Gasteiger partial charge in [0.1, 0.15) is 12.7 Å². The van der Waals surface area contributed by atoms with E-state index in [1.54, 1.807) is 22.7 Å². The highest BCUT2D eigenvalue weighted by Gasteiger charge is 2.05. The van der Waals surface area contributed by atoms with E-state index in [1.807, 2.05) is 0 Å². The maximum absolute atomic E-state index is 8.80. The zero-order valence-corrected chi connectivity index (χ0v) is 9.05. The number of aromatic nitrogens is 3. The van der Waals surface area contributed by atoms with E-state index in [0.29, 0.717) is 18.8 Å². The van der Waals surface area contributed by atoms with Crippen LogP contribution in [-0.2, 0) is 11.3 Å². The summed E-state index contributed by atoms with van der Waals surface area (Å²) >= 11 is 0. The Hall–Kier alpha value is -1.93. The number of fused-ring (bicyclic) bond motifs is 1. The highest BCUT2D eigenvalue weighted by atomic mass is 16.5. The molecule has 2 aromatic heterocycles. The maximum atomic E-state index is 8.80. The lowest BCUT2D eigenvalue weighted by atomic mass is 10.3. The Morgan fingerprint density at radius 3 is 3.06 bits per heavy atom. The molecular weight excluding hydrogens is 204 g/mol. The van der Waals surface area contributed by atoms with Gasteiger partial charge in [0, 0.05) is 12.8 Å². The summed E-state index contributed by atoms with van der Waals surface area (Å²) in [6, 6.07) is 5.58. The van der Waals surface area contributed by atoms with Gasteiger partial charge in [-0.3, -0.25) is 4.40 Å². The summed E-state index contributed by atoms with van der Waals surface area (Å²) in [6.07, 6.45) is 2.69. The van der Waals surface area contributed by atoms with Gasteiger partial charge in [-0.1, -0.05) is 6.92 Å².